The van der Waals surface area contributed by atoms with Gasteiger partial charge in [-0.25, -0.2) is 0 Å². The van der Waals surface area contributed by atoms with E-state index in [9.17, 15) is 4.79 Å². The number of rotatable bonds is 5. The van der Waals surface area contributed by atoms with Crippen LogP contribution in [0.3, 0.4) is 0 Å². The molecule has 3 aromatic rings. The van der Waals surface area contributed by atoms with Crippen molar-refractivity contribution in [2.45, 2.75) is 45.0 Å². The summed E-state index contributed by atoms with van der Waals surface area (Å²) in [6.07, 6.45) is 1.39. The summed E-state index contributed by atoms with van der Waals surface area (Å²) < 4.78 is 6.35. The molecule has 32 heavy (non-hydrogen) atoms. The molecule has 0 saturated carbocycles. The first-order valence-electron chi connectivity index (χ1n) is 10.5. The Morgan fingerprint density at radius 2 is 2.00 bits per heavy atom. The van der Waals surface area contributed by atoms with Crippen LogP contribution >= 0.6 is 11.8 Å². The lowest BCUT2D eigenvalue weighted by atomic mass is 10.0. The van der Waals surface area contributed by atoms with Gasteiger partial charge in [0.25, 0.3) is 0 Å². The molecule has 1 aliphatic rings. The number of unbranched alkanes of at least 4 members (excludes halogenated alkanes) is 1. The van der Waals surface area contributed by atoms with Gasteiger partial charge in [0.1, 0.15) is 0 Å². The highest BCUT2D eigenvalue weighted by molar-refractivity contribution is 7.99. The SMILES string of the molecule is CCCCSc1nnc2c(n1)O[C@@H](c1ccc(C#N)cc1)N(C(C)=O)c1ccc(C)cc1-2. The maximum atomic E-state index is 12.8. The fraction of sp³-hybridized carbons (Fsp3) is 0.292. The molecular formula is C24H23N5O2S. The molecule has 1 aliphatic heterocycles. The Hall–Kier alpha value is -3.44. The number of ether oxygens (including phenoxy) is 1. The Balaban J connectivity index is 1.87. The van der Waals surface area contributed by atoms with E-state index in [4.69, 9.17) is 10.00 Å². The number of benzene rings is 2. The first-order chi connectivity index (χ1) is 15.5. The quantitative estimate of drug-likeness (QED) is 0.400. The van der Waals surface area contributed by atoms with Gasteiger partial charge in [0.05, 0.1) is 17.3 Å². The first-order valence-corrected chi connectivity index (χ1v) is 11.5. The molecule has 4 rings (SSSR count). The van der Waals surface area contributed by atoms with Crippen LogP contribution in [0.25, 0.3) is 11.3 Å². The molecule has 7 nitrogen and oxygen atoms in total. The minimum Gasteiger partial charge on any atom is -0.447 e. The third-order valence-corrected chi connectivity index (χ3v) is 6.08. The summed E-state index contributed by atoms with van der Waals surface area (Å²) in [4.78, 5) is 19.1. The number of fused-ring (bicyclic) bond motifs is 3. The van der Waals surface area contributed by atoms with Crippen molar-refractivity contribution < 1.29 is 9.53 Å². The minimum atomic E-state index is -0.756. The molecule has 2 aromatic carbocycles. The Kier molecular flexibility index (Phi) is 6.37. The second kappa shape index (κ2) is 9.37. The number of aromatic nitrogens is 3. The molecule has 2 heterocycles. The zero-order valence-corrected chi connectivity index (χ0v) is 19.0. The largest absolute Gasteiger partial charge is 0.447 e. The van der Waals surface area contributed by atoms with E-state index in [1.807, 2.05) is 25.1 Å². The van der Waals surface area contributed by atoms with Gasteiger partial charge in [-0.3, -0.25) is 9.69 Å². The van der Waals surface area contributed by atoms with Crippen molar-refractivity contribution in [1.82, 2.24) is 15.2 Å². The molecule has 1 aromatic heterocycles. The molecule has 8 heteroatoms. The molecule has 0 unspecified atom stereocenters. The number of hydrogen-bond donors (Lipinski definition) is 0. The number of anilines is 1. The summed E-state index contributed by atoms with van der Waals surface area (Å²) in [5.74, 6) is 1.05. The highest BCUT2D eigenvalue weighted by atomic mass is 32.2. The number of aryl methyl sites for hydroxylation is 1. The van der Waals surface area contributed by atoms with Gasteiger partial charge >= 0.3 is 0 Å². The first kappa shape index (κ1) is 21.8. The zero-order chi connectivity index (χ0) is 22.7. The summed E-state index contributed by atoms with van der Waals surface area (Å²) in [5.41, 5.74) is 4.23. The van der Waals surface area contributed by atoms with E-state index in [2.05, 4.69) is 28.2 Å². The number of thioether (sulfide) groups is 1. The van der Waals surface area contributed by atoms with E-state index in [1.54, 1.807) is 29.2 Å². The summed E-state index contributed by atoms with van der Waals surface area (Å²) in [5, 5.41) is 18.5. The Bertz CT molecular complexity index is 1190. The molecule has 0 bridgehead atoms. The smallest absolute Gasteiger partial charge is 0.247 e. The molecule has 1 amide bonds. The number of carbonyl (C=O) groups is 1. The number of hydrogen-bond acceptors (Lipinski definition) is 7. The molecule has 0 N–H and O–H groups in total. The fourth-order valence-electron chi connectivity index (χ4n) is 3.53. The van der Waals surface area contributed by atoms with Crippen LogP contribution in [0.15, 0.2) is 47.6 Å². The van der Waals surface area contributed by atoms with Crippen molar-refractivity contribution in [2.24, 2.45) is 0 Å². The van der Waals surface area contributed by atoms with Gasteiger partial charge in [-0.2, -0.15) is 10.2 Å². The maximum Gasteiger partial charge on any atom is 0.247 e. The van der Waals surface area contributed by atoms with Crippen LogP contribution < -0.4 is 9.64 Å². The topological polar surface area (TPSA) is 92.0 Å². The van der Waals surface area contributed by atoms with Crippen LogP contribution in [0, 0.1) is 18.3 Å². The number of nitrogens with zero attached hydrogens (tertiary/aromatic N) is 5. The highest BCUT2D eigenvalue weighted by Gasteiger charge is 2.34. The zero-order valence-electron chi connectivity index (χ0n) is 18.2. The van der Waals surface area contributed by atoms with Gasteiger partial charge in [-0.1, -0.05) is 48.9 Å². The lowest BCUT2D eigenvalue weighted by molar-refractivity contribution is -0.118. The van der Waals surface area contributed by atoms with Crippen molar-refractivity contribution in [3.05, 3.63) is 59.2 Å². The average molecular weight is 446 g/mol. The monoisotopic (exact) mass is 445 g/mol. The predicted molar refractivity (Wildman–Crippen MR) is 123 cm³/mol. The van der Waals surface area contributed by atoms with E-state index in [0.717, 1.165) is 35.3 Å². The average Bonchev–Trinajstić information content (AvgIpc) is 2.93. The van der Waals surface area contributed by atoms with E-state index in [1.165, 1.54) is 18.7 Å². The van der Waals surface area contributed by atoms with Crippen LogP contribution in [0.2, 0.25) is 0 Å². The summed E-state index contributed by atoms with van der Waals surface area (Å²) in [7, 11) is 0. The number of amides is 1. The molecule has 1 atom stereocenters. The minimum absolute atomic E-state index is 0.178. The van der Waals surface area contributed by atoms with Crippen LogP contribution in [0.5, 0.6) is 5.88 Å². The third kappa shape index (κ3) is 4.30. The summed E-state index contributed by atoms with van der Waals surface area (Å²) in [6, 6.07) is 14.9. The highest BCUT2D eigenvalue weighted by Crippen LogP contribution is 2.43. The van der Waals surface area contributed by atoms with Crippen LogP contribution in [-0.2, 0) is 4.79 Å². The van der Waals surface area contributed by atoms with E-state index < -0.39 is 6.23 Å². The number of carbonyl (C=O) groups excluding carboxylic acids is 1. The van der Waals surface area contributed by atoms with Gasteiger partial charge in [-0.05, 0) is 37.6 Å². The van der Waals surface area contributed by atoms with Crippen LogP contribution in [0.1, 0.15) is 49.6 Å². The maximum absolute atomic E-state index is 12.8. The predicted octanol–water partition coefficient (Wildman–Crippen LogP) is 5.06. The second-order valence-corrected chi connectivity index (χ2v) is 8.63. The van der Waals surface area contributed by atoms with Crippen molar-refractivity contribution in [3.63, 3.8) is 0 Å². The van der Waals surface area contributed by atoms with E-state index in [-0.39, 0.29) is 5.91 Å². The van der Waals surface area contributed by atoms with Crippen molar-refractivity contribution in [3.8, 4) is 23.2 Å². The lowest BCUT2D eigenvalue weighted by Gasteiger charge is -2.30. The standard InChI is InChI=1S/C24H23N5O2S/c1-4-5-12-32-24-26-22-21(27-28-24)19-13-15(2)6-11-20(19)29(16(3)30)23(31-22)18-9-7-17(14-25)8-10-18/h6-11,13,23H,4-5,12H2,1-3H3/t23-/m0/s1. The van der Waals surface area contributed by atoms with Crippen LogP contribution in [0.4, 0.5) is 5.69 Å². The van der Waals surface area contributed by atoms with Gasteiger partial charge in [0, 0.05) is 23.8 Å². The summed E-state index contributed by atoms with van der Waals surface area (Å²) in [6.45, 7) is 5.63. The number of nitriles is 1. The van der Waals surface area contributed by atoms with Gasteiger partial charge in [-0.15, -0.1) is 10.2 Å². The van der Waals surface area contributed by atoms with Gasteiger partial charge in [0.15, 0.2) is 5.69 Å². The molecule has 0 aliphatic carbocycles. The van der Waals surface area contributed by atoms with Crippen molar-refractivity contribution in [2.75, 3.05) is 10.7 Å². The lowest BCUT2D eigenvalue weighted by Crippen LogP contribution is -2.36. The molecule has 0 spiro atoms. The Morgan fingerprint density at radius 1 is 1.22 bits per heavy atom. The van der Waals surface area contributed by atoms with Crippen LogP contribution in [-0.4, -0.2) is 26.8 Å². The molecular weight excluding hydrogens is 422 g/mol. The Morgan fingerprint density at radius 3 is 2.69 bits per heavy atom. The van der Waals surface area contributed by atoms with Gasteiger partial charge < -0.3 is 4.74 Å². The molecule has 162 valence electrons. The van der Waals surface area contributed by atoms with Gasteiger partial charge in [0.2, 0.25) is 23.2 Å². The summed E-state index contributed by atoms with van der Waals surface area (Å²) >= 11 is 1.54. The van der Waals surface area contributed by atoms with Crippen molar-refractivity contribution in [1.29, 1.82) is 5.26 Å². The molecule has 0 fully saturated rings. The molecule has 0 saturated heterocycles. The second-order valence-electron chi connectivity index (χ2n) is 7.56. The fourth-order valence-corrected chi connectivity index (χ4v) is 4.39. The van der Waals surface area contributed by atoms with Crippen molar-refractivity contribution >= 4 is 23.4 Å². The van der Waals surface area contributed by atoms with E-state index in [0.29, 0.717) is 28.0 Å². The third-order valence-electron chi connectivity index (χ3n) is 5.15. The van der Waals surface area contributed by atoms with E-state index >= 15 is 0 Å². The molecule has 0 radical (unpaired) electrons. The normalized spacial score (nSPS) is 14.6. The Labute approximate surface area is 191 Å².